The Bertz CT molecular complexity index is 918. The molecule has 0 aromatic heterocycles. The van der Waals surface area contributed by atoms with E-state index in [2.05, 4.69) is 5.32 Å². The number of carbonyl (C=O) groups excluding carboxylic acids is 3. The highest BCUT2D eigenvalue weighted by molar-refractivity contribution is 6.22. The first-order chi connectivity index (χ1) is 13.1. The number of hydrogen-bond donors (Lipinski definition) is 1. The Morgan fingerprint density at radius 3 is 2.37 bits per heavy atom. The molecule has 2 aromatic carbocycles. The summed E-state index contributed by atoms with van der Waals surface area (Å²) in [6.45, 7) is 1.98. The monoisotopic (exact) mass is 360 g/mol. The number of benzene rings is 2. The molecule has 0 saturated carbocycles. The molecule has 136 valence electrons. The van der Waals surface area contributed by atoms with Gasteiger partial charge in [-0.3, -0.25) is 19.3 Å². The van der Waals surface area contributed by atoms with Crippen molar-refractivity contribution in [1.29, 1.82) is 0 Å². The first kappa shape index (κ1) is 17.2. The predicted octanol–water partition coefficient (Wildman–Crippen LogP) is 3.64. The minimum atomic E-state index is -0.278. The second kappa shape index (κ2) is 6.83. The summed E-state index contributed by atoms with van der Waals surface area (Å²) in [6, 6.07) is 15.8. The molecule has 1 aliphatic carbocycles. The van der Waals surface area contributed by atoms with E-state index in [0.29, 0.717) is 23.4 Å². The number of anilines is 2. The van der Waals surface area contributed by atoms with Gasteiger partial charge in [0.1, 0.15) is 0 Å². The maximum atomic E-state index is 12.8. The molecule has 0 spiro atoms. The Kier molecular flexibility index (Phi) is 4.36. The Balaban J connectivity index is 1.52. The quantitative estimate of drug-likeness (QED) is 0.671. The lowest BCUT2D eigenvalue weighted by atomic mass is 9.78. The van der Waals surface area contributed by atoms with Crippen molar-refractivity contribution in [2.45, 2.75) is 13.3 Å². The molecule has 5 heteroatoms. The summed E-state index contributed by atoms with van der Waals surface area (Å²) in [7, 11) is 0. The molecule has 27 heavy (non-hydrogen) atoms. The molecule has 0 unspecified atom stereocenters. The highest BCUT2D eigenvalue weighted by Gasteiger charge is 2.50. The standard InChI is InChI=1S/C22H20N2O3/c1-14-6-5-9-18-19(14)22(27)24(21(18)26)17-12-10-16(11-13-17)23-20(25)15-7-3-2-4-8-15/h2-8,10-14,18-19H,9H2,1H3,(H,23,25)/t14-,18-,19+/m1/s1. The molecule has 3 amide bonds. The third kappa shape index (κ3) is 3.05. The Labute approximate surface area is 157 Å². The summed E-state index contributed by atoms with van der Waals surface area (Å²) in [6.07, 6.45) is 4.61. The number of imide groups is 1. The van der Waals surface area contributed by atoms with Crippen LogP contribution in [0.1, 0.15) is 23.7 Å². The van der Waals surface area contributed by atoms with Crippen LogP contribution in [0.3, 0.4) is 0 Å². The normalized spacial score (nSPS) is 24.0. The van der Waals surface area contributed by atoms with Crippen LogP contribution in [0.25, 0.3) is 0 Å². The van der Waals surface area contributed by atoms with Crippen molar-refractivity contribution in [2.75, 3.05) is 10.2 Å². The summed E-state index contributed by atoms with van der Waals surface area (Å²) < 4.78 is 0. The number of fused-ring (bicyclic) bond motifs is 1. The van der Waals surface area contributed by atoms with Crippen molar-refractivity contribution in [3.63, 3.8) is 0 Å². The van der Waals surface area contributed by atoms with Gasteiger partial charge in [-0.2, -0.15) is 0 Å². The highest BCUT2D eigenvalue weighted by Crippen LogP contribution is 2.40. The molecule has 2 aliphatic rings. The lowest BCUT2D eigenvalue weighted by Crippen LogP contribution is -2.31. The molecule has 1 saturated heterocycles. The zero-order valence-corrected chi connectivity index (χ0v) is 15.0. The summed E-state index contributed by atoms with van der Waals surface area (Å²) >= 11 is 0. The van der Waals surface area contributed by atoms with Crippen molar-refractivity contribution >= 4 is 29.1 Å². The first-order valence-corrected chi connectivity index (χ1v) is 9.07. The number of nitrogens with one attached hydrogen (secondary N) is 1. The van der Waals surface area contributed by atoms with Crippen molar-refractivity contribution in [3.05, 3.63) is 72.3 Å². The molecule has 1 fully saturated rings. The lowest BCUT2D eigenvalue weighted by Gasteiger charge is -2.22. The molecule has 1 N–H and O–H groups in total. The number of rotatable bonds is 3. The lowest BCUT2D eigenvalue weighted by molar-refractivity contribution is -0.122. The fourth-order valence-electron chi connectivity index (χ4n) is 3.89. The fraction of sp³-hybridized carbons (Fsp3) is 0.227. The van der Waals surface area contributed by atoms with Crippen LogP contribution in [0.4, 0.5) is 11.4 Å². The van der Waals surface area contributed by atoms with E-state index in [-0.39, 0.29) is 35.5 Å². The Hall–Kier alpha value is -3.21. The molecule has 4 rings (SSSR count). The molecule has 3 atom stereocenters. The average Bonchev–Trinajstić information content (AvgIpc) is 2.95. The van der Waals surface area contributed by atoms with E-state index in [4.69, 9.17) is 0 Å². The van der Waals surface area contributed by atoms with Gasteiger partial charge in [-0.1, -0.05) is 37.3 Å². The Morgan fingerprint density at radius 1 is 1.00 bits per heavy atom. The van der Waals surface area contributed by atoms with E-state index in [1.165, 1.54) is 4.90 Å². The van der Waals surface area contributed by atoms with Crippen molar-refractivity contribution < 1.29 is 14.4 Å². The van der Waals surface area contributed by atoms with Crippen LogP contribution in [-0.2, 0) is 9.59 Å². The van der Waals surface area contributed by atoms with Gasteiger partial charge < -0.3 is 5.32 Å². The minimum Gasteiger partial charge on any atom is -0.322 e. The number of hydrogen-bond acceptors (Lipinski definition) is 3. The van der Waals surface area contributed by atoms with E-state index < -0.39 is 0 Å². The molecule has 1 heterocycles. The highest BCUT2D eigenvalue weighted by atomic mass is 16.2. The number of allylic oxidation sites excluding steroid dienone is 2. The van der Waals surface area contributed by atoms with Crippen molar-refractivity contribution in [2.24, 2.45) is 17.8 Å². The summed E-state index contributed by atoms with van der Waals surface area (Å²) in [5.41, 5.74) is 1.72. The number of nitrogens with zero attached hydrogens (tertiary/aromatic N) is 1. The average molecular weight is 360 g/mol. The van der Waals surface area contributed by atoms with Gasteiger partial charge >= 0.3 is 0 Å². The zero-order valence-electron chi connectivity index (χ0n) is 15.0. The first-order valence-electron chi connectivity index (χ1n) is 9.07. The molecular weight excluding hydrogens is 340 g/mol. The molecule has 2 aromatic rings. The summed E-state index contributed by atoms with van der Waals surface area (Å²) in [5, 5.41) is 2.82. The van der Waals surface area contributed by atoms with Gasteiger partial charge in [0.05, 0.1) is 17.5 Å². The molecule has 0 bridgehead atoms. The molecule has 5 nitrogen and oxygen atoms in total. The summed E-state index contributed by atoms with van der Waals surface area (Å²) in [4.78, 5) is 39.1. The van der Waals surface area contributed by atoms with Crippen LogP contribution in [0.5, 0.6) is 0 Å². The molecule has 1 aliphatic heterocycles. The van der Waals surface area contributed by atoms with Gasteiger partial charge in [-0.15, -0.1) is 0 Å². The largest absolute Gasteiger partial charge is 0.322 e. The van der Waals surface area contributed by atoms with Gasteiger partial charge in [0.15, 0.2) is 0 Å². The van der Waals surface area contributed by atoms with Crippen LogP contribution < -0.4 is 10.2 Å². The van der Waals surface area contributed by atoms with Gasteiger partial charge in [-0.25, -0.2) is 0 Å². The maximum Gasteiger partial charge on any atom is 0.255 e. The Morgan fingerprint density at radius 2 is 1.70 bits per heavy atom. The zero-order chi connectivity index (χ0) is 19.0. The molecular formula is C22H20N2O3. The second-order valence-electron chi connectivity index (χ2n) is 7.03. The topological polar surface area (TPSA) is 66.5 Å². The van der Waals surface area contributed by atoms with Gasteiger partial charge in [0.2, 0.25) is 11.8 Å². The number of carbonyl (C=O) groups is 3. The summed E-state index contributed by atoms with van der Waals surface area (Å²) in [5.74, 6) is -0.961. The van der Waals surface area contributed by atoms with E-state index in [1.807, 2.05) is 25.1 Å². The fourth-order valence-corrected chi connectivity index (χ4v) is 3.89. The van der Waals surface area contributed by atoms with Crippen molar-refractivity contribution in [3.8, 4) is 0 Å². The predicted molar refractivity (Wildman–Crippen MR) is 103 cm³/mol. The van der Waals surface area contributed by atoms with Gasteiger partial charge in [0.25, 0.3) is 5.91 Å². The van der Waals surface area contributed by atoms with Crippen LogP contribution >= 0.6 is 0 Å². The minimum absolute atomic E-state index is 0.0645. The van der Waals surface area contributed by atoms with Gasteiger partial charge in [-0.05, 0) is 48.7 Å². The van der Waals surface area contributed by atoms with E-state index in [0.717, 1.165) is 0 Å². The SMILES string of the molecule is C[C@@H]1C=CC[C@H]2C(=O)N(c3ccc(NC(=O)c4ccccc4)cc3)C(=O)[C@@H]12. The maximum absolute atomic E-state index is 12.8. The molecule has 0 radical (unpaired) electrons. The third-order valence-electron chi connectivity index (χ3n) is 5.29. The van der Waals surface area contributed by atoms with Crippen LogP contribution in [0.15, 0.2) is 66.7 Å². The number of amides is 3. The van der Waals surface area contributed by atoms with Crippen molar-refractivity contribution in [1.82, 2.24) is 0 Å². The van der Waals surface area contributed by atoms with Crippen LogP contribution in [0, 0.1) is 17.8 Å². The van der Waals surface area contributed by atoms with Crippen LogP contribution in [0.2, 0.25) is 0 Å². The second-order valence-corrected chi connectivity index (χ2v) is 7.03. The van der Waals surface area contributed by atoms with E-state index >= 15 is 0 Å². The van der Waals surface area contributed by atoms with E-state index in [9.17, 15) is 14.4 Å². The third-order valence-corrected chi connectivity index (χ3v) is 5.29. The van der Waals surface area contributed by atoms with Crippen LogP contribution in [-0.4, -0.2) is 17.7 Å². The van der Waals surface area contributed by atoms with E-state index in [1.54, 1.807) is 48.5 Å². The van der Waals surface area contributed by atoms with Gasteiger partial charge in [0, 0.05) is 11.3 Å². The smallest absolute Gasteiger partial charge is 0.255 e.